The topological polar surface area (TPSA) is 55.1 Å². The van der Waals surface area contributed by atoms with E-state index in [1.807, 2.05) is 18.2 Å². The smallest absolute Gasteiger partial charge is 0.237 e. The van der Waals surface area contributed by atoms with Crippen LogP contribution in [0.1, 0.15) is 46.1 Å². The van der Waals surface area contributed by atoms with E-state index in [0.29, 0.717) is 18.4 Å². The highest BCUT2D eigenvalue weighted by molar-refractivity contribution is 5.84. The molecule has 1 aromatic rings. The number of carbonyl (C=O) groups is 1. The van der Waals surface area contributed by atoms with Crippen molar-refractivity contribution < 1.29 is 4.79 Å². The molecule has 0 spiro atoms. The quantitative estimate of drug-likeness (QED) is 0.766. The van der Waals surface area contributed by atoms with E-state index in [0.717, 1.165) is 12.8 Å². The summed E-state index contributed by atoms with van der Waals surface area (Å²) >= 11 is 0. The molecule has 0 aliphatic carbocycles. The van der Waals surface area contributed by atoms with E-state index in [2.05, 4.69) is 45.1 Å². The van der Waals surface area contributed by atoms with Gasteiger partial charge in [-0.05, 0) is 30.2 Å². The summed E-state index contributed by atoms with van der Waals surface area (Å²) < 4.78 is 0. The Labute approximate surface area is 122 Å². The van der Waals surface area contributed by atoms with Crippen LogP contribution in [0.15, 0.2) is 30.3 Å². The number of amides is 1. The van der Waals surface area contributed by atoms with Crippen molar-refractivity contribution in [2.24, 2.45) is 17.6 Å². The molecule has 0 saturated carbocycles. The molecule has 0 unspecified atom stereocenters. The fourth-order valence-electron chi connectivity index (χ4n) is 2.78. The molecule has 1 rings (SSSR count). The van der Waals surface area contributed by atoms with Gasteiger partial charge in [-0.1, -0.05) is 58.0 Å². The number of primary amides is 1. The summed E-state index contributed by atoms with van der Waals surface area (Å²) in [7, 11) is 0. The van der Waals surface area contributed by atoms with Gasteiger partial charge in [0.15, 0.2) is 0 Å². The molecule has 0 bridgehead atoms. The van der Waals surface area contributed by atoms with Gasteiger partial charge in [0.05, 0.1) is 5.54 Å². The predicted octanol–water partition coefficient (Wildman–Crippen LogP) is 3.09. The Bertz CT molecular complexity index is 402. The Morgan fingerprint density at radius 1 is 1.10 bits per heavy atom. The van der Waals surface area contributed by atoms with Crippen LogP contribution in [0.2, 0.25) is 0 Å². The van der Waals surface area contributed by atoms with Gasteiger partial charge in [-0.15, -0.1) is 0 Å². The van der Waals surface area contributed by atoms with Crippen LogP contribution in [-0.4, -0.2) is 11.4 Å². The molecular weight excluding hydrogens is 248 g/mol. The third-order valence-electron chi connectivity index (χ3n) is 3.46. The second kappa shape index (κ2) is 7.44. The number of rotatable bonds is 8. The highest BCUT2D eigenvalue weighted by Crippen LogP contribution is 2.25. The number of nitrogens with one attached hydrogen (secondary N) is 1. The maximum absolute atomic E-state index is 12.1. The molecule has 0 radical (unpaired) electrons. The van der Waals surface area contributed by atoms with Crippen molar-refractivity contribution in [1.29, 1.82) is 0 Å². The Kier molecular flexibility index (Phi) is 6.21. The lowest BCUT2D eigenvalue weighted by atomic mass is 9.81. The van der Waals surface area contributed by atoms with E-state index < -0.39 is 5.54 Å². The van der Waals surface area contributed by atoms with E-state index in [1.54, 1.807) is 0 Å². The first-order valence-corrected chi connectivity index (χ1v) is 7.44. The van der Waals surface area contributed by atoms with Gasteiger partial charge >= 0.3 is 0 Å². The summed E-state index contributed by atoms with van der Waals surface area (Å²) in [5.74, 6) is 0.602. The Hall–Kier alpha value is -1.35. The van der Waals surface area contributed by atoms with E-state index in [4.69, 9.17) is 5.73 Å². The van der Waals surface area contributed by atoms with Gasteiger partial charge in [-0.25, -0.2) is 0 Å². The number of hydrogen-bond acceptors (Lipinski definition) is 2. The Balaban J connectivity index is 2.87. The lowest BCUT2D eigenvalue weighted by Gasteiger charge is -2.35. The first-order valence-electron chi connectivity index (χ1n) is 7.44. The minimum atomic E-state index is -0.613. The highest BCUT2D eigenvalue weighted by atomic mass is 16.1. The maximum atomic E-state index is 12.1. The molecule has 20 heavy (non-hydrogen) atoms. The molecule has 3 heteroatoms. The molecular formula is C17H28N2O. The van der Waals surface area contributed by atoms with Crippen LogP contribution in [0, 0.1) is 11.8 Å². The number of benzene rings is 1. The molecule has 0 saturated heterocycles. The molecule has 0 aliphatic rings. The zero-order valence-electron chi connectivity index (χ0n) is 13.1. The van der Waals surface area contributed by atoms with E-state index in [1.165, 1.54) is 5.56 Å². The lowest BCUT2D eigenvalue weighted by Crippen LogP contribution is -2.56. The summed E-state index contributed by atoms with van der Waals surface area (Å²) in [5, 5.41) is 3.44. The predicted molar refractivity (Wildman–Crippen MR) is 84.1 cm³/mol. The summed E-state index contributed by atoms with van der Waals surface area (Å²) in [5.41, 5.74) is 6.29. The molecule has 0 aromatic heterocycles. The summed E-state index contributed by atoms with van der Waals surface area (Å²) in [6, 6.07) is 10.1. The van der Waals surface area contributed by atoms with Gasteiger partial charge in [-0.2, -0.15) is 0 Å². The zero-order valence-corrected chi connectivity index (χ0v) is 13.1. The normalized spacial score (nSPS) is 12.1. The fourth-order valence-corrected chi connectivity index (χ4v) is 2.78. The van der Waals surface area contributed by atoms with Crippen molar-refractivity contribution in [3.63, 3.8) is 0 Å². The van der Waals surface area contributed by atoms with E-state index in [-0.39, 0.29) is 5.91 Å². The van der Waals surface area contributed by atoms with Crippen molar-refractivity contribution in [1.82, 2.24) is 5.32 Å². The number of nitrogens with two attached hydrogens (primary N) is 1. The largest absolute Gasteiger partial charge is 0.368 e. The van der Waals surface area contributed by atoms with Crippen molar-refractivity contribution >= 4 is 5.91 Å². The highest BCUT2D eigenvalue weighted by Gasteiger charge is 2.37. The fraction of sp³-hybridized carbons (Fsp3) is 0.588. The SMILES string of the molecule is CC(C)CC(CC(C)C)(NCc1ccccc1)C(N)=O. The molecule has 0 atom stereocenters. The van der Waals surface area contributed by atoms with Gasteiger partial charge in [0.25, 0.3) is 0 Å². The number of hydrogen-bond donors (Lipinski definition) is 2. The van der Waals surface area contributed by atoms with Gasteiger partial charge in [-0.3, -0.25) is 10.1 Å². The molecule has 1 aromatic carbocycles. The van der Waals surface area contributed by atoms with Crippen molar-refractivity contribution in [3.05, 3.63) is 35.9 Å². The molecule has 1 amide bonds. The molecule has 3 N–H and O–H groups in total. The Morgan fingerprint density at radius 2 is 1.60 bits per heavy atom. The van der Waals surface area contributed by atoms with Gasteiger partial charge in [0, 0.05) is 6.54 Å². The third-order valence-corrected chi connectivity index (χ3v) is 3.46. The van der Waals surface area contributed by atoms with Gasteiger partial charge < -0.3 is 5.73 Å². The second-order valence-electron chi connectivity index (χ2n) is 6.48. The van der Waals surface area contributed by atoms with Crippen molar-refractivity contribution in [2.45, 2.75) is 52.6 Å². The Morgan fingerprint density at radius 3 is 2.00 bits per heavy atom. The molecule has 112 valence electrons. The first kappa shape index (κ1) is 16.7. The van der Waals surface area contributed by atoms with Crippen LogP contribution in [-0.2, 0) is 11.3 Å². The lowest BCUT2D eigenvalue weighted by molar-refractivity contribution is -0.126. The maximum Gasteiger partial charge on any atom is 0.237 e. The van der Waals surface area contributed by atoms with Gasteiger partial charge in [0.1, 0.15) is 0 Å². The molecule has 3 nitrogen and oxygen atoms in total. The zero-order chi connectivity index (χ0) is 15.2. The standard InChI is InChI=1S/C17H28N2O/c1-13(2)10-17(16(18)20,11-14(3)4)19-12-15-8-6-5-7-9-15/h5-9,13-14,19H,10-12H2,1-4H3,(H2,18,20). The van der Waals surface area contributed by atoms with Crippen molar-refractivity contribution in [2.75, 3.05) is 0 Å². The average molecular weight is 276 g/mol. The van der Waals surface area contributed by atoms with Crippen LogP contribution < -0.4 is 11.1 Å². The van der Waals surface area contributed by atoms with Gasteiger partial charge in [0.2, 0.25) is 5.91 Å². The van der Waals surface area contributed by atoms with Crippen LogP contribution >= 0.6 is 0 Å². The monoisotopic (exact) mass is 276 g/mol. The number of carbonyl (C=O) groups excluding carboxylic acids is 1. The molecule has 0 heterocycles. The summed E-state index contributed by atoms with van der Waals surface area (Å²) in [4.78, 5) is 12.1. The van der Waals surface area contributed by atoms with Crippen LogP contribution in [0.5, 0.6) is 0 Å². The second-order valence-corrected chi connectivity index (χ2v) is 6.48. The van der Waals surface area contributed by atoms with Crippen LogP contribution in [0.25, 0.3) is 0 Å². The average Bonchev–Trinajstić information content (AvgIpc) is 2.35. The first-order chi connectivity index (χ1) is 9.35. The summed E-state index contributed by atoms with van der Waals surface area (Å²) in [6.45, 7) is 9.18. The molecule has 0 aliphatic heterocycles. The third kappa shape index (κ3) is 4.97. The minimum Gasteiger partial charge on any atom is -0.368 e. The van der Waals surface area contributed by atoms with Crippen molar-refractivity contribution in [3.8, 4) is 0 Å². The van der Waals surface area contributed by atoms with Crippen LogP contribution in [0.3, 0.4) is 0 Å². The van der Waals surface area contributed by atoms with E-state index in [9.17, 15) is 4.79 Å². The molecule has 0 fully saturated rings. The van der Waals surface area contributed by atoms with E-state index >= 15 is 0 Å². The summed E-state index contributed by atoms with van der Waals surface area (Å²) in [6.07, 6.45) is 1.54. The van der Waals surface area contributed by atoms with Crippen LogP contribution in [0.4, 0.5) is 0 Å². The minimum absolute atomic E-state index is 0.240.